The molecule has 0 saturated heterocycles. The molecule has 238 valence electrons. The summed E-state index contributed by atoms with van der Waals surface area (Å²) in [5, 5.41) is 35.6. The summed E-state index contributed by atoms with van der Waals surface area (Å²) in [5.41, 5.74) is 8.40. The molecule has 0 fully saturated rings. The van der Waals surface area contributed by atoms with Gasteiger partial charge in [-0.3, -0.25) is 10.2 Å². The first-order valence-electron chi connectivity index (χ1n) is 14.4. The highest BCUT2D eigenvalue weighted by Crippen LogP contribution is 2.43. The normalized spacial score (nSPS) is 13.7. The maximum Gasteiger partial charge on any atom is 0.433 e. The second kappa shape index (κ2) is 14.4. The summed E-state index contributed by atoms with van der Waals surface area (Å²) in [6.45, 7) is 7.93. The van der Waals surface area contributed by atoms with Gasteiger partial charge < -0.3 is 5.11 Å². The lowest BCUT2D eigenvalue weighted by molar-refractivity contribution is -0.412. The maximum absolute atomic E-state index is 13.6. The second-order valence-corrected chi connectivity index (χ2v) is 15.6. The zero-order chi connectivity index (χ0) is 32.8. The molecular formula is C32H36N9O2PS2. The summed E-state index contributed by atoms with van der Waals surface area (Å²) in [7, 11) is -2.56. The third-order valence-electron chi connectivity index (χ3n) is 7.47. The molecule has 0 spiro atoms. The Morgan fingerprint density at radius 3 is 2.11 bits per heavy atom. The van der Waals surface area contributed by atoms with Crippen LogP contribution < -0.4 is 32.1 Å². The Morgan fingerprint density at radius 2 is 1.54 bits per heavy atom. The molecule has 0 amide bonds. The summed E-state index contributed by atoms with van der Waals surface area (Å²) in [6.07, 6.45) is 3.64. The zero-order valence-electron chi connectivity index (χ0n) is 26.5. The lowest BCUT2D eigenvalue weighted by atomic mass is 10.1. The highest BCUT2D eigenvalue weighted by atomic mass is 32.2. The van der Waals surface area contributed by atoms with Gasteiger partial charge in [0, 0.05) is 27.3 Å². The smallest absolute Gasteiger partial charge is 0.433 e. The summed E-state index contributed by atoms with van der Waals surface area (Å²) in [5.74, 6) is -0.0676. The molecule has 4 aromatic rings. The average Bonchev–Trinajstić information content (AvgIpc) is 3.08. The predicted octanol–water partition coefficient (Wildman–Crippen LogP) is 3.38. The van der Waals surface area contributed by atoms with E-state index in [9.17, 15) is 9.90 Å². The summed E-state index contributed by atoms with van der Waals surface area (Å²) in [6, 6.07) is 28.8. The summed E-state index contributed by atoms with van der Waals surface area (Å²) < 4.78 is 3.42. The molecule has 2 heterocycles. The highest BCUT2D eigenvalue weighted by molar-refractivity contribution is 8.13. The lowest BCUT2D eigenvalue weighted by Crippen LogP contribution is -2.54. The molecular weight excluding hydrogens is 638 g/mol. The number of thioether (sulfide) groups is 2. The molecule has 0 aliphatic carbocycles. The first kappa shape index (κ1) is 33.1. The molecule has 1 aliphatic heterocycles. The van der Waals surface area contributed by atoms with Crippen LogP contribution in [0.3, 0.4) is 0 Å². The van der Waals surface area contributed by atoms with Gasteiger partial charge >= 0.3 is 11.5 Å². The topological polar surface area (TPSA) is 126 Å². The minimum absolute atomic E-state index is 0.198. The van der Waals surface area contributed by atoms with Crippen molar-refractivity contribution in [1.29, 1.82) is 0 Å². The van der Waals surface area contributed by atoms with Crippen LogP contribution in [0.1, 0.15) is 23.7 Å². The largest absolute Gasteiger partial charge is 0.856 e. The third kappa shape index (κ3) is 6.76. The molecule has 5 rings (SSSR count). The van der Waals surface area contributed by atoms with E-state index in [-0.39, 0.29) is 17.5 Å². The van der Waals surface area contributed by atoms with Crippen molar-refractivity contribution in [3.8, 4) is 0 Å². The highest BCUT2D eigenvalue weighted by Gasteiger charge is 2.34. The fourth-order valence-electron chi connectivity index (χ4n) is 4.84. The molecule has 2 N–H and O–H groups in total. The van der Waals surface area contributed by atoms with Gasteiger partial charge in [-0.2, -0.15) is 10.4 Å². The Hall–Kier alpha value is -4.32. The van der Waals surface area contributed by atoms with Crippen LogP contribution in [0.5, 0.6) is 0 Å². The zero-order valence-corrected chi connectivity index (χ0v) is 29.0. The Kier molecular flexibility index (Phi) is 10.4. The van der Waals surface area contributed by atoms with E-state index in [0.717, 1.165) is 21.7 Å². The number of aromatic nitrogens is 3. The number of nitrogens with one attached hydrogen (secondary N) is 2. The van der Waals surface area contributed by atoms with Crippen LogP contribution in [-0.4, -0.2) is 54.5 Å². The average molecular weight is 674 g/mol. The number of rotatable bonds is 7. The molecule has 0 radical (unpaired) electrons. The molecule has 1 aliphatic rings. The molecule has 0 atom stereocenters. The first-order valence-corrected chi connectivity index (χ1v) is 19.0. The Labute approximate surface area is 277 Å². The molecule has 0 bridgehead atoms. The van der Waals surface area contributed by atoms with Crippen molar-refractivity contribution < 1.29 is 9.43 Å². The number of nitrogens with zero attached hydrogens (tertiary/aromatic N) is 7. The van der Waals surface area contributed by atoms with Gasteiger partial charge in [0.25, 0.3) is 0 Å². The number of hydrogen-bond donors (Lipinski definition) is 2. The van der Waals surface area contributed by atoms with E-state index in [2.05, 4.69) is 85.7 Å². The number of hydrogen-bond acceptors (Lipinski definition) is 10. The first-order chi connectivity index (χ1) is 22.2. The Morgan fingerprint density at radius 1 is 0.935 bits per heavy atom. The number of hydrazone groups is 1. The molecule has 11 nitrogen and oxygen atoms in total. The van der Waals surface area contributed by atoms with Crippen molar-refractivity contribution in [3.05, 3.63) is 124 Å². The van der Waals surface area contributed by atoms with Crippen molar-refractivity contribution in [3.63, 3.8) is 0 Å². The van der Waals surface area contributed by atoms with Crippen LogP contribution in [0.4, 0.5) is 0 Å². The van der Waals surface area contributed by atoms with Gasteiger partial charge in [0.05, 0.1) is 13.6 Å². The minimum atomic E-state index is -2.56. The monoisotopic (exact) mass is 673 g/mol. The van der Waals surface area contributed by atoms with Crippen molar-refractivity contribution in [2.45, 2.75) is 32.5 Å². The van der Waals surface area contributed by atoms with Gasteiger partial charge in [0.2, 0.25) is 10.3 Å². The quantitative estimate of drug-likeness (QED) is 0.132. The van der Waals surface area contributed by atoms with Gasteiger partial charge in [-0.05, 0) is 45.5 Å². The van der Waals surface area contributed by atoms with E-state index in [1.165, 1.54) is 33.2 Å². The number of aryl methyl sites for hydroxylation is 2. The van der Waals surface area contributed by atoms with Crippen molar-refractivity contribution in [1.82, 2.24) is 30.7 Å². The standard InChI is InChI=1S/C32H36N9O2PS2/c1-22-17-19-25(20-18-22)21-39(44(4,26-13-9-7-10-14-26)27-15-11-8-12-16-27)30(37-40-28(42)23(2)33-35-31(40)45-5)38-41-29(43)24(3)34-36-32(41)46-6/h7-20H,21H2,1-6H3,(H2-,33,34,37,38,42,43). The van der Waals surface area contributed by atoms with Crippen LogP contribution in [-0.2, 0) is 6.54 Å². The fraction of sp³-hybridized carbons (Fsp3) is 0.219. The van der Waals surface area contributed by atoms with Crippen LogP contribution >= 0.6 is 30.6 Å². The van der Waals surface area contributed by atoms with Crippen molar-refractivity contribution >= 4 is 52.3 Å². The summed E-state index contributed by atoms with van der Waals surface area (Å²) >= 11 is 2.55. The van der Waals surface area contributed by atoms with E-state index in [0.29, 0.717) is 22.6 Å². The second-order valence-electron chi connectivity index (χ2n) is 10.6. The van der Waals surface area contributed by atoms with Crippen LogP contribution in [0, 0.1) is 13.8 Å². The lowest BCUT2D eigenvalue weighted by Gasteiger charge is -2.34. The molecule has 1 aromatic heterocycles. The molecule has 0 unspecified atom stereocenters. The number of guanidine groups is 1. The van der Waals surface area contributed by atoms with Crippen LogP contribution in [0.15, 0.2) is 117 Å². The van der Waals surface area contributed by atoms with E-state index in [1.54, 1.807) is 13.8 Å². The molecule has 14 heteroatoms. The predicted molar refractivity (Wildman–Crippen MR) is 188 cm³/mol. The van der Waals surface area contributed by atoms with Gasteiger partial charge in [-0.1, -0.05) is 114 Å². The van der Waals surface area contributed by atoms with E-state index in [4.69, 9.17) is 5.10 Å². The van der Waals surface area contributed by atoms with Gasteiger partial charge in [-0.15, -0.1) is 20.0 Å². The van der Waals surface area contributed by atoms with Crippen molar-refractivity contribution in [2.24, 2.45) is 10.2 Å². The van der Waals surface area contributed by atoms with Crippen LogP contribution in [0.2, 0.25) is 0 Å². The number of benzene rings is 3. The van der Waals surface area contributed by atoms with Crippen molar-refractivity contribution in [2.75, 3.05) is 19.2 Å². The molecule has 46 heavy (non-hydrogen) atoms. The number of allylic oxidation sites excluding steroid dienone is 1. The molecule has 0 saturated carbocycles. The summed E-state index contributed by atoms with van der Waals surface area (Å²) in [4.78, 5) is 13.6. The number of hydrazine groups is 1. The van der Waals surface area contributed by atoms with Gasteiger partial charge in [0.1, 0.15) is 5.69 Å². The third-order valence-corrected chi connectivity index (χ3v) is 12.6. The van der Waals surface area contributed by atoms with Crippen LogP contribution in [0.25, 0.3) is 0 Å². The van der Waals surface area contributed by atoms with E-state index in [1.807, 2.05) is 55.8 Å². The fourth-order valence-corrected chi connectivity index (χ4v) is 8.98. The maximum atomic E-state index is 13.6. The Bertz CT molecular complexity index is 1880. The number of amidine groups is 1. The van der Waals surface area contributed by atoms with E-state index >= 15 is 0 Å². The van der Waals surface area contributed by atoms with E-state index < -0.39 is 12.6 Å². The molecule has 3 aromatic carbocycles. The van der Waals surface area contributed by atoms with Gasteiger partial charge in [-0.25, -0.2) is 4.33 Å². The van der Waals surface area contributed by atoms with Gasteiger partial charge in [0.15, 0.2) is 0 Å². The minimum Gasteiger partial charge on any atom is -0.856 e. The SMILES string of the molecule is CSC1=NNC(C)=C([O-])N1N/C(=N\n1c(SC)nnc(C)c1=O)[N+](Cc1ccc(C)cc1)=P(C)(c1ccccc1)c1ccccc1. The Balaban J connectivity index is 1.93.